The lowest BCUT2D eigenvalue weighted by Crippen LogP contribution is -2.37. The average molecular weight is 403 g/mol. The van der Waals surface area contributed by atoms with Crippen molar-refractivity contribution in [2.45, 2.75) is 18.2 Å². The van der Waals surface area contributed by atoms with Crippen LogP contribution in [0.25, 0.3) is 0 Å². The van der Waals surface area contributed by atoms with E-state index in [0.717, 1.165) is 24.7 Å². The van der Waals surface area contributed by atoms with Crippen molar-refractivity contribution < 1.29 is 14.3 Å². The SMILES string of the molecule is Cc1nc(OCCNC(=O)CCSc2ccccc2)cc(N2CCOCC2)n1. The number of thioether (sulfide) groups is 1. The molecule has 1 N–H and O–H groups in total. The van der Waals surface area contributed by atoms with Crippen molar-refractivity contribution in [2.75, 3.05) is 50.1 Å². The van der Waals surface area contributed by atoms with E-state index in [-0.39, 0.29) is 5.91 Å². The molecule has 150 valence electrons. The molecule has 1 fully saturated rings. The molecule has 1 aliphatic heterocycles. The maximum absolute atomic E-state index is 11.9. The summed E-state index contributed by atoms with van der Waals surface area (Å²) in [6.07, 6.45) is 0.480. The molecule has 1 amide bonds. The van der Waals surface area contributed by atoms with Crippen LogP contribution in [0.4, 0.5) is 5.82 Å². The third-order valence-corrected chi connectivity index (χ3v) is 5.16. The van der Waals surface area contributed by atoms with Gasteiger partial charge in [0.1, 0.15) is 18.2 Å². The van der Waals surface area contributed by atoms with Gasteiger partial charge in [-0.25, -0.2) is 4.98 Å². The number of rotatable bonds is 9. The van der Waals surface area contributed by atoms with Crippen LogP contribution in [0.15, 0.2) is 41.3 Å². The second kappa shape index (κ2) is 10.9. The first kappa shape index (κ1) is 20.4. The molecule has 1 aromatic carbocycles. The van der Waals surface area contributed by atoms with Gasteiger partial charge in [0.25, 0.3) is 0 Å². The molecule has 0 spiro atoms. The zero-order chi connectivity index (χ0) is 19.6. The van der Waals surface area contributed by atoms with E-state index in [2.05, 4.69) is 20.2 Å². The van der Waals surface area contributed by atoms with E-state index in [1.54, 1.807) is 11.8 Å². The van der Waals surface area contributed by atoms with Gasteiger partial charge in [-0.15, -0.1) is 11.8 Å². The molecule has 1 saturated heterocycles. The highest BCUT2D eigenvalue weighted by Crippen LogP contribution is 2.19. The second-order valence-electron chi connectivity index (χ2n) is 6.32. The van der Waals surface area contributed by atoms with Crippen LogP contribution in [0.3, 0.4) is 0 Å². The van der Waals surface area contributed by atoms with Gasteiger partial charge >= 0.3 is 0 Å². The van der Waals surface area contributed by atoms with Crippen LogP contribution < -0.4 is 15.0 Å². The van der Waals surface area contributed by atoms with Crippen LogP contribution in [0.1, 0.15) is 12.2 Å². The Labute approximate surface area is 169 Å². The molecular formula is C20H26N4O3S. The van der Waals surface area contributed by atoms with Crippen molar-refractivity contribution in [3.8, 4) is 5.88 Å². The molecule has 1 aromatic heterocycles. The number of nitrogens with zero attached hydrogens (tertiary/aromatic N) is 3. The Bertz CT molecular complexity index is 754. The first-order chi connectivity index (χ1) is 13.7. The van der Waals surface area contributed by atoms with Crippen molar-refractivity contribution in [3.05, 3.63) is 42.2 Å². The molecule has 0 atom stereocenters. The highest BCUT2D eigenvalue weighted by atomic mass is 32.2. The number of morpholine rings is 1. The molecule has 1 aliphatic rings. The van der Waals surface area contributed by atoms with Gasteiger partial charge in [-0.1, -0.05) is 18.2 Å². The average Bonchev–Trinajstić information content (AvgIpc) is 2.72. The number of aromatic nitrogens is 2. The molecule has 2 heterocycles. The fourth-order valence-electron chi connectivity index (χ4n) is 2.77. The van der Waals surface area contributed by atoms with E-state index >= 15 is 0 Å². The summed E-state index contributed by atoms with van der Waals surface area (Å²) in [5.74, 6) is 2.83. The van der Waals surface area contributed by atoms with Crippen LogP contribution in [-0.2, 0) is 9.53 Å². The van der Waals surface area contributed by atoms with Gasteiger partial charge < -0.3 is 19.7 Å². The molecule has 28 heavy (non-hydrogen) atoms. The molecule has 0 saturated carbocycles. The molecule has 2 aromatic rings. The molecular weight excluding hydrogens is 376 g/mol. The Kier molecular flexibility index (Phi) is 7.93. The fraction of sp³-hybridized carbons (Fsp3) is 0.450. The Morgan fingerprint density at radius 3 is 2.82 bits per heavy atom. The van der Waals surface area contributed by atoms with Crippen LogP contribution in [0.2, 0.25) is 0 Å². The zero-order valence-electron chi connectivity index (χ0n) is 16.1. The number of carbonyl (C=O) groups is 1. The molecule has 0 bridgehead atoms. The molecule has 0 radical (unpaired) electrons. The monoisotopic (exact) mass is 402 g/mol. The summed E-state index contributed by atoms with van der Waals surface area (Å²) >= 11 is 1.68. The quantitative estimate of drug-likeness (QED) is 0.509. The van der Waals surface area contributed by atoms with Crippen LogP contribution >= 0.6 is 11.8 Å². The summed E-state index contributed by atoms with van der Waals surface area (Å²) in [5.41, 5.74) is 0. The Balaban J connectivity index is 1.36. The van der Waals surface area contributed by atoms with Crippen molar-refractivity contribution in [1.82, 2.24) is 15.3 Å². The molecule has 8 heteroatoms. The topological polar surface area (TPSA) is 76.6 Å². The third-order valence-electron chi connectivity index (χ3n) is 4.15. The van der Waals surface area contributed by atoms with Crippen molar-refractivity contribution in [2.24, 2.45) is 0 Å². The molecule has 0 aliphatic carbocycles. The maximum atomic E-state index is 11.9. The minimum absolute atomic E-state index is 0.0277. The summed E-state index contributed by atoms with van der Waals surface area (Å²) in [6, 6.07) is 11.9. The van der Waals surface area contributed by atoms with E-state index in [1.807, 2.05) is 43.3 Å². The molecule has 3 rings (SSSR count). The number of benzene rings is 1. The number of ether oxygens (including phenoxy) is 2. The van der Waals surface area contributed by atoms with Gasteiger partial charge in [0.2, 0.25) is 11.8 Å². The van der Waals surface area contributed by atoms with Gasteiger partial charge in [0.15, 0.2) is 0 Å². The van der Waals surface area contributed by atoms with Crippen LogP contribution in [0.5, 0.6) is 5.88 Å². The van der Waals surface area contributed by atoms with Crippen molar-refractivity contribution in [3.63, 3.8) is 0 Å². The first-order valence-corrected chi connectivity index (χ1v) is 10.4. The van der Waals surface area contributed by atoms with Crippen LogP contribution in [0, 0.1) is 6.92 Å². The number of nitrogens with one attached hydrogen (secondary N) is 1. The number of carbonyl (C=O) groups excluding carboxylic acids is 1. The number of amides is 1. The Morgan fingerprint density at radius 1 is 1.25 bits per heavy atom. The standard InChI is InChI=1S/C20H26N4O3S/c1-16-22-18(24-9-12-26-13-10-24)15-20(23-16)27-11-8-21-19(25)7-14-28-17-5-3-2-4-6-17/h2-6,15H,7-14H2,1H3,(H,21,25). The number of hydrogen-bond acceptors (Lipinski definition) is 7. The molecule has 0 unspecified atom stereocenters. The van der Waals surface area contributed by atoms with E-state index < -0.39 is 0 Å². The van der Waals surface area contributed by atoms with Crippen molar-refractivity contribution >= 4 is 23.5 Å². The van der Waals surface area contributed by atoms with Gasteiger partial charge in [-0.05, 0) is 19.1 Å². The van der Waals surface area contributed by atoms with Gasteiger partial charge in [-0.3, -0.25) is 4.79 Å². The minimum atomic E-state index is 0.0277. The predicted octanol–water partition coefficient (Wildman–Crippen LogP) is 2.30. The normalized spacial score (nSPS) is 14.0. The maximum Gasteiger partial charge on any atom is 0.220 e. The molecule has 7 nitrogen and oxygen atoms in total. The largest absolute Gasteiger partial charge is 0.476 e. The lowest BCUT2D eigenvalue weighted by molar-refractivity contribution is -0.120. The summed E-state index contributed by atoms with van der Waals surface area (Å²) in [7, 11) is 0. The number of anilines is 1. The first-order valence-electron chi connectivity index (χ1n) is 9.46. The zero-order valence-corrected chi connectivity index (χ0v) is 16.9. The smallest absolute Gasteiger partial charge is 0.220 e. The predicted molar refractivity (Wildman–Crippen MR) is 110 cm³/mol. The van der Waals surface area contributed by atoms with Crippen LogP contribution in [-0.4, -0.2) is 61.1 Å². The van der Waals surface area contributed by atoms with Crippen molar-refractivity contribution in [1.29, 1.82) is 0 Å². The minimum Gasteiger partial charge on any atom is -0.476 e. The van der Waals surface area contributed by atoms with Gasteiger partial charge in [0, 0.05) is 36.2 Å². The highest BCUT2D eigenvalue weighted by molar-refractivity contribution is 7.99. The summed E-state index contributed by atoms with van der Waals surface area (Å²) < 4.78 is 11.1. The van der Waals surface area contributed by atoms with E-state index in [9.17, 15) is 4.79 Å². The van der Waals surface area contributed by atoms with Gasteiger partial charge in [-0.2, -0.15) is 4.98 Å². The van der Waals surface area contributed by atoms with E-state index in [0.29, 0.717) is 44.5 Å². The second-order valence-corrected chi connectivity index (χ2v) is 7.49. The Morgan fingerprint density at radius 2 is 2.04 bits per heavy atom. The Hall–Kier alpha value is -2.32. The lowest BCUT2D eigenvalue weighted by Gasteiger charge is -2.28. The number of aryl methyl sites for hydroxylation is 1. The van der Waals surface area contributed by atoms with E-state index in [1.165, 1.54) is 4.90 Å². The summed E-state index contributed by atoms with van der Waals surface area (Å²) in [4.78, 5) is 24.1. The third kappa shape index (κ3) is 6.69. The number of hydrogen-bond donors (Lipinski definition) is 1. The summed E-state index contributed by atoms with van der Waals surface area (Å²) in [6.45, 7) is 5.70. The fourth-order valence-corrected chi connectivity index (χ4v) is 3.64. The van der Waals surface area contributed by atoms with E-state index in [4.69, 9.17) is 9.47 Å². The van der Waals surface area contributed by atoms with Gasteiger partial charge in [0.05, 0.1) is 19.8 Å². The summed E-state index contributed by atoms with van der Waals surface area (Å²) in [5, 5.41) is 2.88. The highest BCUT2D eigenvalue weighted by Gasteiger charge is 2.14. The lowest BCUT2D eigenvalue weighted by atomic mass is 10.4.